The number of rotatable bonds is 3. The molecular weight excluding hydrogens is 126 g/mol. The molecule has 0 saturated carbocycles. The Kier molecular flexibility index (Phi) is 3.10. The lowest BCUT2D eigenvalue weighted by Crippen LogP contribution is -2.22. The third kappa shape index (κ3) is 3.55. The summed E-state index contributed by atoms with van der Waals surface area (Å²) in [5.74, 6) is -0.867. The highest BCUT2D eigenvalue weighted by atomic mass is 32.1. The molecule has 0 spiro atoms. The first-order valence-electron chi connectivity index (χ1n) is 2.04. The smallest absolute Gasteiger partial charge is 0.323 e. The molecule has 0 aromatic carbocycles. The fourth-order valence-electron chi connectivity index (χ4n) is 0.251. The molecule has 0 radical (unpaired) electrons. The SMILES string of the molecule is CN(C=S)CC(=O)O. The zero-order valence-corrected chi connectivity index (χ0v) is 5.31. The molecule has 8 heavy (non-hydrogen) atoms. The van der Waals surface area contributed by atoms with Crippen LogP contribution in [-0.4, -0.2) is 35.1 Å². The van der Waals surface area contributed by atoms with Gasteiger partial charge in [-0.05, 0) is 0 Å². The molecule has 0 aliphatic carbocycles. The van der Waals surface area contributed by atoms with Gasteiger partial charge >= 0.3 is 5.97 Å². The molecule has 0 atom stereocenters. The van der Waals surface area contributed by atoms with Crippen molar-refractivity contribution in [1.29, 1.82) is 0 Å². The second-order valence-corrected chi connectivity index (χ2v) is 1.63. The summed E-state index contributed by atoms with van der Waals surface area (Å²) in [5.41, 5.74) is 1.30. The van der Waals surface area contributed by atoms with Gasteiger partial charge in [-0.3, -0.25) is 4.79 Å². The number of carbonyl (C=O) groups is 1. The highest BCUT2D eigenvalue weighted by Gasteiger charge is 1.96. The maximum atomic E-state index is 9.86. The van der Waals surface area contributed by atoms with Crippen LogP contribution < -0.4 is 0 Å². The number of carboxylic acids is 1. The van der Waals surface area contributed by atoms with Gasteiger partial charge in [-0.2, -0.15) is 0 Å². The molecule has 0 bridgehead atoms. The third-order valence-corrected chi connectivity index (χ3v) is 0.924. The van der Waals surface area contributed by atoms with E-state index in [-0.39, 0.29) is 6.54 Å². The summed E-state index contributed by atoms with van der Waals surface area (Å²) < 4.78 is 0. The number of aliphatic carboxylic acids is 1. The summed E-state index contributed by atoms with van der Waals surface area (Å²) in [7, 11) is 1.61. The Balaban J connectivity index is 3.38. The number of hydrogen-bond donors (Lipinski definition) is 1. The Morgan fingerprint density at radius 1 is 2.00 bits per heavy atom. The van der Waals surface area contributed by atoms with Crippen LogP contribution in [0.25, 0.3) is 0 Å². The quantitative estimate of drug-likeness (QED) is 0.548. The van der Waals surface area contributed by atoms with E-state index in [9.17, 15) is 4.79 Å². The first-order chi connectivity index (χ1) is 3.66. The molecule has 0 aromatic heterocycles. The molecule has 0 fully saturated rings. The van der Waals surface area contributed by atoms with Crippen LogP contribution in [0.15, 0.2) is 0 Å². The molecule has 0 rings (SSSR count). The van der Waals surface area contributed by atoms with Crippen LogP contribution in [0.5, 0.6) is 0 Å². The van der Waals surface area contributed by atoms with E-state index in [2.05, 4.69) is 12.2 Å². The first kappa shape index (κ1) is 7.36. The lowest BCUT2D eigenvalue weighted by Gasteiger charge is -2.05. The monoisotopic (exact) mass is 133 g/mol. The first-order valence-corrected chi connectivity index (χ1v) is 2.51. The third-order valence-electron chi connectivity index (χ3n) is 0.565. The topological polar surface area (TPSA) is 40.5 Å². The second kappa shape index (κ2) is 3.37. The van der Waals surface area contributed by atoms with Gasteiger partial charge in [0.25, 0.3) is 0 Å². The Bertz CT molecular complexity index is 104. The molecule has 0 aliphatic heterocycles. The minimum Gasteiger partial charge on any atom is -0.480 e. The Hall–Kier alpha value is -0.640. The van der Waals surface area contributed by atoms with E-state index >= 15 is 0 Å². The van der Waals surface area contributed by atoms with Crippen molar-refractivity contribution in [2.24, 2.45) is 0 Å². The highest BCUT2D eigenvalue weighted by molar-refractivity contribution is 7.78. The van der Waals surface area contributed by atoms with Gasteiger partial charge in [0.05, 0.1) is 5.49 Å². The summed E-state index contributed by atoms with van der Waals surface area (Å²) in [4.78, 5) is 11.3. The van der Waals surface area contributed by atoms with E-state index in [0.29, 0.717) is 0 Å². The van der Waals surface area contributed by atoms with Crippen molar-refractivity contribution in [2.75, 3.05) is 13.6 Å². The van der Waals surface area contributed by atoms with Crippen LogP contribution in [0.4, 0.5) is 0 Å². The number of thiocarbonyl (C=S) groups is 1. The van der Waals surface area contributed by atoms with E-state index in [1.54, 1.807) is 7.05 Å². The van der Waals surface area contributed by atoms with Crippen molar-refractivity contribution < 1.29 is 9.90 Å². The number of likely N-dealkylation sites (N-methyl/N-ethyl adjacent to an activating group) is 1. The van der Waals surface area contributed by atoms with Crippen LogP contribution in [0.3, 0.4) is 0 Å². The second-order valence-electron chi connectivity index (χ2n) is 1.41. The van der Waals surface area contributed by atoms with Crippen LogP contribution >= 0.6 is 12.2 Å². The van der Waals surface area contributed by atoms with Crippen LogP contribution in [0, 0.1) is 0 Å². The minimum atomic E-state index is -0.867. The Morgan fingerprint density at radius 3 is 2.62 bits per heavy atom. The van der Waals surface area contributed by atoms with Gasteiger partial charge in [-0.15, -0.1) is 0 Å². The lowest BCUT2D eigenvalue weighted by molar-refractivity contribution is -0.137. The maximum Gasteiger partial charge on any atom is 0.323 e. The molecule has 0 aliphatic rings. The van der Waals surface area contributed by atoms with Crippen LogP contribution in [0.2, 0.25) is 0 Å². The van der Waals surface area contributed by atoms with E-state index in [1.807, 2.05) is 0 Å². The highest BCUT2D eigenvalue weighted by Crippen LogP contribution is 1.73. The van der Waals surface area contributed by atoms with Crippen molar-refractivity contribution in [1.82, 2.24) is 4.90 Å². The van der Waals surface area contributed by atoms with Crippen molar-refractivity contribution in [3.63, 3.8) is 0 Å². The molecule has 46 valence electrons. The number of nitrogens with zero attached hydrogens (tertiary/aromatic N) is 1. The zero-order chi connectivity index (χ0) is 6.57. The lowest BCUT2D eigenvalue weighted by atomic mass is 10.6. The normalized spacial score (nSPS) is 8.12. The fourth-order valence-corrected chi connectivity index (χ4v) is 0.325. The zero-order valence-electron chi connectivity index (χ0n) is 4.50. The molecule has 4 heteroatoms. The molecule has 0 saturated heterocycles. The largest absolute Gasteiger partial charge is 0.480 e. The van der Waals surface area contributed by atoms with Gasteiger partial charge in [0.2, 0.25) is 0 Å². The Morgan fingerprint density at radius 2 is 2.50 bits per heavy atom. The summed E-state index contributed by atoms with van der Waals surface area (Å²) in [6.45, 7) is -0.0243. The average molecular weight is 133 g/mol. The molecule has 0 amide bonds. The number of carboxylic acid groups (broad SMARTS) is 1. The molecular formula is C4H7NO2S. The average Bonchev–Trinajstić information content (AvgIpc) is 1.65. The minimum absolute atomic E-state index is 0.0243. The van der Waals surface area contributed by atoms with Crippen LogP contribution in [0.1, 0.15) is 0 Å². The van der Waals surface area contributed by atoms with E-state index in [0.717, 1.165) is 0 Å². The van der Waals surface area contributed by atoms with Gasteiger partial charge in [-0.25, -0.2) is 0 Å². The Labute approximate surface area is 52.9 Å². The van der Waals surface area contributed by atoms with Gasteiger partial charge in [-0.1, -0.05) is 12.2 Å². The summed E-state index contributed by atoms with van der Waals surface area (Å²) >= 11 is 4.43. The standard InChI is InChI=1S/C4H7NO2S/c1-5(3-8)2-4(6)7/h3H,2H2,1H3,(H,6,7). The van der Waals surface area contributed by atoms with Crippen molar-refractivity contribution in [2.45, 2.75) is 0 Å². The number of hydrogen-bond acceptors (Lipinski definition) is 2. The predicted molar refractivity (Wildman–Crippen MR) is 33.9 cm³/mol. The predicted octanol–water partition coefficient (Wildman–Crippen LogP) is -0.0400. The molecule has 1 N–H and O–H groups in total. The van der Waals surface area contributed by atoms with Crippen molar-refractivity contribution in [3.8, 4) is 0 Å². The van der Waals surface area contributed by atoms with Crippen LogP contribution in [-0.2, 0) is 4.79 Å². The van der Waals surface area contributed by atoms with Gasteiger partial charge in [0.1, 0.15) is 6.54 Å². The van der Waals surface area contributed by atoms with Crippen molar-refractivity contribution >= 4 is 23.7 Å². The van der Waals surface area contributed by atoms with Gasteiger partial charge in [0.15, 0.2) is 0 Å². The molecule has 0 unspecified atom stereocenters. The van der Waals surface area contributed by atoms with Gasteiger partial charge < -0.3 is 10.0 Å². The van der Waals surface area contributed by atoms with Gasteiger partial charge in [0, 0.05) is 7.05 Å². The van der Waals surface area contributed by atoms with E-state index in [1.165, 1.54) is 10.4 Å². The molecule has 0 heterocycles. The fraction of sp³-hybridized carbons (Fsp3) is 0.500. The van der Waals surface area contributed by atoms with E-state index in [4.69, 9.17) is 5.11 Å². The van der Waals surface area contributed by atoms with Crippen molar-refractivity contribution in [3.05, 3.63) is 0 Å². The molecule has 3 nitrogen and oxygen atoms in total. The summed E-state index contributed by atoms with van der Waals surface area (Å²) in [5, 5.41) is 8.11. The summed E-state index contributed by atoms with van der Waals surface area (Å²) in [6, 6.07) is 0. The van der Waals surface area contributed by atoms with E-state index < -0.39 is 5.97 Å². The maximum absolute atomic E-state index is 9.86. The summed E-state index contributed by atoms with van der Waals surface area (Å²) in [6.07, 6.45) is 0. The molecule has 0 aromatic rings.